The molecule has 1 saturated heterocycles. The van der Waals surface area contributed by atoms with E-state index in [4.69, 9.17) is 16.3 Å². The van der Waals surface area contributed by atoms with Gasteiger partial charge < -0.3 is 10.1 Å². The third-order valence-corrected chi connectivity index (χ3v) is 5.23. The Morgan fingerprint density at radius 1 is 1.27 bits per heavy atom. The van der Waals surface area contributed by atoms with Crippen molar-refractivity contribution in [3.05, 3.63) is 63.0 Å². The molecule has 6 heteroatoms. The molecule has 1 heterocycles. The smallest absolute Gasteiger partial charge is 0.264 e. The molecule has 1 fully saturated rings. The van der Waals surface area contributed by atoms with Crippen molar-refractivity contribution in [1.29, 1.82) is 0 Å². The van der Waals surface area contributed by atoms with E-state index < -0.39 is 0 Å². The molecule has 0 spiro atoms. The van der Waals surface area contributed by atoms with Gasteiger partial charge in [-0.15, -0.1) is 0 Å². The van der Waals surface area contributed by atoms with Crippen molar-refractivity contribution in [2.75, 3.05) is 6.61 Å². The fourth-order valence-electron chi connectivity index (χ4n) is 2.54. The van der Waals surface area contributed by atoms with E-state index in [2.05, 4.69) is 10.3 Å². The van der Waals surface area contributed by atoms with E-state index in [0.29, 0.717) is 21.7 Å². The van der Waals surface area contributed by atoms with Crippen LogP contribution in [0, 0.1) is 13.8 Å². The van der Waals surface area contributed by atoms with Crippen LogP contribution in [0.3, 0.4) is 0 Å². The average Bonchev–Trinajstić information content (AvgIpc) is 2.94. The summed E-state index contributed by atoms with van der Waals surface area (Å²) in [6, 6.07) is 11.4. The van der Waals surface area contributed by atoms with E-state index in [1.54, 1.807) is 0 Å². The molecule has 0 saturated carbocycles. The van der Waals surface area contributed by atoms with Crippen molar-refractivity contribution in [3.8, 4) is 5.75 Å². The quantitative estimate of drug-likeness (QED) is 0.730. The van der Waals surface area contributed by atoms with Gasteiger partial charge in [-0.2, -0.15) is 0 Å². The molecule has 2 aromatic carbocycles. The molecule has 3 rings (SSSR count). The molecule has 0 radical (unpaired) electrons. The Bertz CT molecular complexity index is 922. The van der Waals surface area contributed by atoms with Crippen LogP contribution < -0.4 is 10.1 Å². The van der Waals surface area contributed by atoms with Gasteiger partial charge in [0, 0.05) is 5.02 Å². The number of benzene rings is 2. The number of hydrogen-bond acceptors (Lipinski definition) is 4. The van der Waals surface area contributed by atoms with Gasteiger partial charge in [0.1, 0.15) is 5.75 Å². The van der Waals surface area contributed by atoms with E-state index in [-0.39, 0.29) is 5.91 Å². The van der Waals surface area contributed by atoms with Crippen LogP contribution in [0.5, 0.6) is 5.75 Å². The highest BCUT2D eigenvalue weighted by molar-refractivity contribution is 8.18. The molecule has 1 aliphatic heterocycles. The summed E-state index contributed by atoms with van der Waals surface area (Å²) in [6.07, 6.45) is 1.86. The minimum atomic E-state index is -0.153. The number of carbonyl (C=O) groups excluding carboxylic acids is 1. The predicted molar refractivity (Wildman–Crippen MR) is 109 cm³/mol. The second kappa shape index (κ2) is 7.98. The number of nitrogens with one attached hydrogen (secondary N) is 1. The largest absolute Gasteiger partial charge is 0.494 e. The van der Waals surface area contributed by atoms with Crippen LogP contribution in [0.4, 0.5) is 5.69 Å². The second-order valence-electron chi connectivity index (χ2n) is 5.82. The van der Waals surface area contributed by atoms with Crippen LogP contribution >= 0.6 is 23.4 Å². The molecular formula is C20H19ClN2O2S. The van der Waals surface area contributed by atoms with Gasteiger partial charge in [0.15, 0.2) is 5.17 Å². The summed E-state index contributed by atoms with van der Waals surface area (Å²) in [5.41, 5.74) is 3.62. The monoisotopic (exact) mass is 386 g/mol. The number of thioether (sulfide) groups is 1. The van der Waals surface area contributed by atoms with E-state index in [0.717, 1.165) is 28.1 Å². The highest BCUT2D eigenvalue weighted by Gasteiger charge is 2.24. The van der Waals surface area contributed by atoms with E-state index in [1.807, 2.05) is 63.2 Å². The molecule has 0 unspecified atom stereocenters. The van der Waals surface area contributed by atoms with Crippen molar-refractivity contribution >= 4 is 46.2 Å². The number of amidine groups is 1. The fraction of sp³-hybridized carbons (Fsp3) is 0.200. The van der Waals surface area contributed by atoms with Crippen LogP contribution in [0.1, 0.15) is 23.6 Å². The van der Waals surface area contributed by atoms with Gasteiger partial charge in [0.05, 0.1) is 17.2 Å². The summed E-state index contributed by atoms with van der Waals surface area (Å²) in [6.45, 7) is 6.48. The lowest BCUT2D eigenvalue weighted by Crippen LogP contribution is -2.19. The Kier molecular flexibility index (Phi) is 5.69. The lowest BCUT2D eigenvalue weighted by molar-refractivity contribution is -0.115. The SMILES string of the molecule is CCOc1ccc(C=C2SC(=Nc3cccc(Cl)c3C)NC2=O)cc1C. The Balaban J connectivity index is 1.83. The first-order valence-corrected chi connectivity index (χ1v) is 9.45. The third kappa shape index (κ3) is 4.11. The lowest BCUT2D eigenvalue weighted by Gasteiger charge is -2.07. The van der Waals surface area contributed by atoms with Crippen LogP contribution in [-0.2, 0) is 4.79 Å². The number of aliphatic imine (C=N–C) groups is 1. The molecule has 0 aliphatic carbocycles. The summed E-state index contributed by atoms with van der Waals surface area (Å²) in [5, 5.41) is 4.01. The number of ether oxygens (including phenoxy) is 1. The summed E-state index contributed by atoms with van der Waals surface area (Å²) in [5.74, 6) is 0.705. The highest BCUT2D eigenvalue weighted by Crippen LogP contribution is 2.31. The maximum absolute atomic E-state index is 12.3. The van der Waals surface area contributed by atoms with E-state index in [9.17, 15) is 4.79 Å². The summed E-state index contributed by atoms with van der Waals surface area (Å²) in [7, 11) is 0. The minimum absolute atomic E-state index is 0.153. The zero-order valence-electron chi connectivity index (χ0n) is 14.8. The van der Waals surface area contributed by atoms with Gasteiger partial charge in [-0.1, -0.05) is 23.7 Å². The summed E-state index contributed by atoms with van der Waals surface area (Å²) in [4.78, 5) is 17.4. The zero-order valence-corrected chi connectivity index (χ0v) is 16.4. The van der Waals surface area contributed by atoms with Crippen LogP contribution in [0.15, 0.2) is 46.3 Å². The van der Waals surface area contributed by atoms with Crippen LogP contribution in [0.25, 0.3) is 6.08 Å². The Morgan fingerprint density at radius 2 is 2.08 bits per heavy atom. The molecule has 1 N–H and O–H groups in total. The molecule has 0 aromatic heterocycles. The predicted octanol–water partition coefficient (Wildman–Crippen LogP) is 5.25. The van der Waals surface area contributed by atoms with Crippen LogP contribution in [-0.4, -0.2) is 17.7 Å². The lowest BCUT2D eigenvalue weighted by atomic mass is 10.1. The number of aryl methyl sites for hydroxylation is 1. The number of halogens is 1. The van der Waals surface area contributed by atoms with E-state index >= 15 is 0 Å². The normalized spacial score (nSPS) is 17.0. The topological polar surface area (TPSA) is 50.7 Å². The molecule has 1 amide bonds. The van der Waals surface area contributed by atoms with E-state index in [1.165, 1.54) is 11.8 Å². The Hall–Kier alpha value is -2.24. The number of rotatable bonds is 4. The van der Waals surface area contributed by atoms with Gasteiger partial charge in [-0.3, -0.25) is 4.79 Å². The molecule has 2 aromatic rings. The fourth-order valence-corrected chi connectivity index (χ4v) is 3.54. The first-order chi connectivity index (χ1) is 12.5. The van der Waals surface area contributed by atoms with Crippen molar-refractivity contribution in [2.45, 2.75) is 20.8 Å². The molecular weight excluding hydrogens is 368 g/mol. The van der Waals surface area contributed by atoms with Crippen molar-refractivity contribution in [1.82, 2.24) is 5.32 Å². The highest BCUT2D eigenvalue weighted by atomic mass is 35.5. The molecule has 4 nitrogen and oxygen atoms in total. The van der Waals surface area contributed by atoms with Crippen LogP contribution in [0.2, 0.25) is 5.02 Å². The van der Waals surface area contributed by atoms with Gasteiger partial charge in [0.25, 0.3) is 5.91 Å². The van der Waals surface area contributed by atoms with Crippen molar-refractivity contribution in [2.24, 2.45) is 4.99 Å². The number of amides is 1. The zero-order chi connectivity index (χ0) is 18.7. The van der Waals surface area contributed by atoms with Gasteiger partial charge in [-0.25, -0.2) is 4.99 Å². The van der Waals surface area contributed by atoms with Crippen molar-refractivity contribution in [3.63, 3.8) is 0 Å². The number of nitrogens with zero attached hydrogens (tertiary/aromatic N) is 1. The minimum Gasteiger partial charge on any atom is -0.494 e. The maximum atomic E-state index is 12.3. The first kappa shape index (κ1) is 18.5. The Morgan fingerprint density at radius 3 is 2.81 bits per heavy atom. The molecule has 0 bridgehead atoms. The first-order valence-electron chi connectivity index (χ1n) is 8.26. The second-order valence-corrected chi connectivity index (χ2v) is 7.26. The molecule has 134 valence electrons. The molecule has 0 atom stereocenters. The van der Waals surface area contributed by atoms with Gasteiger partial charge in [-0.05, 0) is 79.6 Å². The summed E-state index contributed by atoms with van der Waals surface area (Å²) < 4.78 is 5.55. The maximum Gasteiger partial charge on any atom is 0.264 e. The van der Waals surface area contributed by atoms with Gasteiger partial charge in [0.2, 0.25) is 0 Å². The molecule has 1 aliphatic rings. The Labute approximate surface area is 162 Å². The van der Waals surface area contributed by atoms with Gasteiger partial charge >= 0.3 is 0 Å². The average molecular weight is 387 g/mol. The number of hydrogen-bond donors (Lipinski definition) is 1. The molecule has 26 heavy (non-hydrogen) atoms. The standard InChI is InChI=1S/C20H19ClN2O2S/c1-4-25-17-9-8-14(10-12(17)2)11-18-19(24)23-20(26-18)22-16-7-5-6-15(21)13(16)3/h5-11H,4H2,1-3H3,(H,22,23,24). The van der Waals surface area contributed by atoms with Crippen molar-refractivity contribution < 1.29 is 9.53 Å². The number of carbonyl (C=O) groups is 1. The summed E-state index contributed by atoms with van der Waals surface area (Å²) >= 11 is 7.45. The third-order valence-electron chi connectivity index (χ3n) is 3.91.